The van der Waals surface area contributed by atoms with Gasteiger partial charge in [-0.3, -0.25) is 9.59 Å². The highest BCUT2D eigenvalue weighted by Gasteiger charge is 2.25. The highest BCUT2D eigenvalue weighted by atomic mass is 79.9. The molecule has 0 bridgehead atoms. The van der Waals surface area contributed by atoms with Crippen molar-refractivity contribution in [2.24, 2.45) is 0 Å². The second-order valence-electron chi connectivity index (χ2n) is 6.91. The van der Waals surface area contributed by atoms with Crippen LogP contribution in [0.4, 0.5) is 0 Å². The van der Waals surface area contributed by atoms with E-state index in [0.29, 0.717) is 19.5 Å². The van der Waals surface area contributed by atoms with Crippen LogP contribution in [0.15, 0.2) is 59.1 Å². The number of hydrogen-bond donors (Lipinski definition) is 1. The molecule has 1 N–H and O–H groups in total. The van der Waals surface area contributed by atoms with Gasteiger partial charge in [0.15, 0.2) is 0 Å². The second-order valence-corrected chi connectivity index (χ2v) is 8.93. The van der Waals surface area contributed by atoms with Gasteiger partial charge in [-0.1, -0.05) is 65.3 Å². The van der Waals surface area contributed by atoms with E-state index in [1.54, 1.807) is 23.6 Å². The van der Waals surface area contributed by atoms with Crippen molar-refractivity contribution in [3.63, 3.8) is 0 Å². The third-order valence-electron chi connectivity index (χ3n) is 4.53. The van der Waals surface area contributed by atoms with Crippen LogP contribution in [-0.2, 0) is 21.9 Å². The third-order valence-corrected chi connectivity index (χ3v) is 6.05. The molecule has 0 aliphatic heterocycles. The molecule has 2 amide bonds. The van der Waals surface area contributed by atoms with E-state index in [-0.39, 0.29) is 11.8 Å². The molecular formula is C23H29BrN2O2S. The number of amides is 2. The van der Waals surface area contributed by atoms with Crippen molar-refractivity contribution in [3.8, 4) is 0 Å². The summed E-state index contributed by atoms with van der Waals surface area (Å²) < 4.78 is 0.962. The highest BCUT2D eigenvalue weighted by Crippen LogP contribution is 2.18. The van der Waals surface area contributed by atoms with Crippen molar-refractivity contribution < 1.29 is 9.59 Å². The molecule has 0 fully saturated rings. The van der Waals surface area contributed by atoms with E-state index in [2.05, 4.69) is 33.4 Å². The number of nitrogens with one attached hydrogen (secondary N) is 1. The predicted molar refractivity (Wildman–Crippen MR) is 125 cm³/mol. The summed E-state index contributed by atoms with van der Waals surface area (Å²) in [4.78, 5) is 27.2. The van der Waals surface area contributed by atoms with E-state index in [1.165, 1.54) is 5.56 Å². The molecule has 0 unspecified atom stereocenters. The minimum Gasteiger partial charge on any atom is -0.354 e. The molecule has 2 aromatic carbocycles. The van der Waals surface area contributed by atoms with E-state index in [4.69, 9.17) is 0 Å². The Hall–Kier alpha value is -1.79. The average Bonchev–Trinajstić information content (AvgIpc) is 2.73. The molecule has 0 radical (unpaired) electrons. The third kappa shape index (κ3) is 8.23. The zero-order valence-electron chi connectivity index (χ0n) is 17.1. The molecule has 0 aliphatic rings. The first-order valence-corrected chi connectivity index (χ1v) is 11.9. The summed E-state index contributed by atoms with van der Waals surface area (Å²) in [7, 11) is 0. The van der Waals surface area contributed by atoms with Crippen LogP contribution in [0.25, 0.3) is 0 Å². The minimum atomic E-state index is -0.507. The van der Waals surface area contributed by atoms with E-state index in [1.807, 2.05) is 49.4 Å². The van der Waals surface area contributed by atoms with E-state index in [9.17, 15) is 9.59 Å². The Morgan fingerprint density at radius 3 is 2.52 bits per heavy atom. The van der Waals surface area contributed by atoms with Gasteiger partial charge in [0.05, 0.1) is 0 Å². The largest absolute Gasteiger partial charge is 0.354 e. The molecule has 0 aromatic heterocycles. The number of hydrogen-bond acceptors (Lipinski definition) is 3. The summed E-state index contributed by atoms with van der Waals surface area (Å²) in [5.74, 6) is 1.51. The SMILES string of the molecule is CCCNC(=O)[C@@H](C)N(Cc1cccc(Br)c1)C(=O)CCSCc1ccccc1. The number of benzene rings is 2. The van der Waals surface area contributed by atoms with Crippen LogP contribution < -0.4 is 5.32 Å². The number of rotatable bonds is 11. The maximum Gasteiger partial charge on any atom is 0.242 e. The lowest BCUT2D eigenvalue weighted by Crippen LogP contribution is -2.47. The summed E-state index contributed by atoms with van der Waals surface area (Å²) in [6, 6.07) is 17.6. The molecule has 0 saturated carbocycles. The summed E-state index contributed by atoms with van der Waals surface area (Å²) >= 11 is 5.22. The van der Waals surface area contributed by atoms with Crippen molar-refractivity contribution in [1.82, 2.24) is 10.2 Å². The van der Waals surface area contributed by atoms with Crippen LogP contribution in [0.3, 0.4) is 0 Å². The fraction of sp³-hybridized carbons (Fsp3) is 0.391. The van der Waals surface area contributed by atoms with Gasteiger partial charge in [0, 0.05) is 35.5 Å². The molecule has 2 rings (SSSR count). The Labute approximate surface area is 186 Å². The molecular weight excluding hydrogens is 448 g/mol. The normalized spacial score (nSPS) is 11.7. The maximum atomic E-state index is 13.0. The summed E-state index contributed by atoms with van der Waals surface area (Å²) in [6.07, 6.45) is 1.28. The van der Waals surface area contributed by atoms with Crippen LogP contribution in [0, 0.1) is 0 Å². The van der Waals surface area contributed by atoms with E-state index < -0.39 is 6.04 Å². The Bertz CT molecular complexity index is 785. The fourth-order valence-corrected chi connectivity index (χ4v) is 4.22. The quantitative estimate of drug-likeness (QED) is 0.463. The molecule has 1 atom stereocenters. The molecule has 0 heterocycles. The summed E-state index contributed by atoms with van der Waals surface area (Å²) in [6.45, 7) is 4.86. The van der Waals surface area contributed by atoms with Gasteiger partial charge in [0.2, 0.25) is 11.8 Å². The van der Waals surface area contributed by atoms with Crippen molar-refractivity contribution in [2.75, 3.05) is 12.3 Å². The number of carbonyl (C=O) groups excluding carboxylic acids is 2. The first kappa shape index (κ1) is 23.5. The number of halogens is 1. The number of carbonyl (C=O) groups is 2. The number of thioether (sulfide) groups is 1. The van der Waals surface area contributed by atoms with Crippen LogP contribution in [-0.4, -0.2) is 35.1 Å². The first-order chi connectivity index (χ1) is 14.0. The molecule has 0 aliphatic carbocycles. The lowest BCUT2D eigenvalue weighted by atomic mass is 10.1. The predicted octanol–water partition coefficient (Wildman–Crippen LogP) is 5.02. The van der Waals surface area contributed by atoms with Crippen LogP contribution in [0.1, 0.15) is 37.8 Å². The standard InChI is InChI=1S/C23H29BrN2O2S/c1-3-13-25-23(28)18(2)26(16-20-10-7-11-21(24)15-20)22(27)12-14-29-17-19-8-5-4-6-9-19/h4-11,15,18H,3,12-14,16-17H2,1-2H3,(H,25,28)/t18-/m1/s1. The maximum absolute atomic E-state index is 13.0. The van der Waals surface area contributed by atoms with Gasteiger partial charge in [0.1, 0.15) is 6.04 Å². The fourth-order valence-electron chi connectivity index (χ4n) is 2.88. The van der Waals surface area contributed by atoms with Gasteiger partial charge < -0.3 is 10.2 Å². The highest BCUT2D eigenvalue weighted by molar-refractivity contribution is 9.10. The molecule has 0 spiro atoms. The molecule has 156 valence electrons. The summed E-state index contributed by atoms with van der Waals surface area (Å²) in [5.41, 5.74) is 2.25. The van der Waals surface area contributed by atoms with Gasteiger partial charge in [-0.2, -0.15) is 11.8 Å². The molecule has 2 aromatic rings. The Balaban J connectivity index is 1.98. The minimum absolute atomic E-state index is 0.00434. The Morgan fingerprint density at radius 2 is 1.83 bits per heavy atom. The Kier molecular flexibility index (Phi) is 10.3. The smallest absolute Gasteiger partial charge is 0.242 e. The van der Waals surface area contributed by atoms with Gasteiger partial charge in [-0.15, -0.1) is 0 Å². The van der Waals surface area contributed by atoms with Crippen molar-refractivity contribution >= 4 is 39.5 Å². The van der Waals surface area contributed by atoms with Crippen LogP contribution >= 0.6 is 27.7 Å². The zero-order chi connectivity index (χ0) is 21.1. The lowest BCUT2D eigenvalue weighted by molar-refractivity contribution is -0.140. The van der Waals surface area contributed by atoms with Crippen LogP contribution in [0.2, 0.25) is 0 Å². The van der Waals surface area contributed by atoms with E-state index in [0.717, 1.165) is 28.0 Å². The zero-order valence-corrected chi connectivity index (χ0v) is 19.5. The van der Waals surface area contributed by atoms with Gasteiger partial charge >= 0.3 is 0 Å². The molecule has 29 heavy (non-hydrogen) atoms. The van der Waals surface area contributed by atoms with Gasteiger partial charge in [-0.05, 0) is 36.6 Å². The van der Waals surface area contributed by atoms with E-state index >= 15 is 0 Å². The Morgan fingerprint density at radius 1 is 1.10 bits per heavy atom. The number of nitrogens with zero attached hydrogens (tertiary/aromatic N) is 1. The van der Waals surface area contributed by atoms with Crippen molar-refractivity contribution in [2.45, 2.75) is 45.0 Å². The van der Waals surface area contributed by atoms with Crippen molar-refractivity contribution in [1.29, 1.82) is 0 Å². The molecule has 0 saturated heterocycles. The monoisotopic (exact) mass is 476 g/mol. The van der Waals surface area contributed by atoms with Gasteiger partial charge in [-0.25, -0.2) is 0 Å². The van der Waals surface area contributed by atoms with Crippen LogP contribution in [0.5, 0.6) is 0 Å². The average molecular weight is 477 g/mol. The van der Waals surface area contributed by atoms with Gasteiger partial charge in [0.25, 0.3) is 0 Å². The molecule has 6 heteroatoms. The van der Waals surface area contributed by atoms with Crippen molar-refractivity contribution in [3.05, 3.63) is 70.2 Å². The first-order valence-electron chi connectivity index (χ1n) is 9.94. The summed E-state index contributed by atoms with van der Waals surface area (Å²) in [5, 5.41) is 2.91. The molecule has 4 nitrogen and oxygen atoms in total. The second kappa shape index (κ2) is 12.7. The topological polar surface area (TPSA) is 49.4 Å². The lowest BCUT2D eigenvalue weighted by Gasteiger charge is -2.29.